The fourth-order valence-electron chi connectivity index (χ4n) is 3.96. The van der Waals surface area contributed by atoms with Gasteiger partial charge in [-0.25, -0.2) is 4.39 Å². The Balaban J connectivity index is 1.46. The van der Waals surface area contributed by atoms with Crippen molar-refractivity contribution in [1.29, 1.82) is 0 Å². The van der Waals surface area contributed by atoms with Crippen molar-refractivity contribution in [3.63, 3.8) is 0 Å². The first-order valence-corrected chi connectivity index (χ1v) is 13.6. The first-order valence-electron chi connectivity index (χ1n) is 11.4. The minimum Gasteiger partial charge on any atom is -0.503 e. The Bertz CT molecular complexity index is 1560. The number of carbonyl (C=O) groups excluding carboxylic acids is 2. The minimum atomic E-state index is -1.21. The molecule has 0 fully saturated rings. The van der Waals surface area contributed by atoms with E-state index in [4.69, 9.17) is 11.6 Å². The molecule has 0 saturated carbocycles. The molecule has 0 radical (unpaired) electrons. The van der Waals surface area contributed by atoms with Crippen LogP contribution in [0.4, 0.5) is 9.52 Å². The molecule has 1 aromatic heterocycles. The first-order chi connectivity index (χ1) is 18.4. The van der Waals surface area contributed by atoms with Crippen molar-refractivity contribution in [2.75, 3.05) is 4.90 Å². The van der Waals surface area contributed by atoms with Crippen LogP contribution in [0.15, 0.2) is 101 Å². The van der Waals surface area contributed by atoms with Gasteiger partial charge in [-0.1, -0.05) is 101 Å². The molecule has 0 bridgehead atoms. The Hall–Kier alpha value is -3.79. The number of aliphatic hydroxyl groups excluding tert-OH is 1. The van der Waals surface area contributed by atoms with Gasteiger partial charge in [0.2, 0.25) is 5.13 Å². The molecule has 1 N–H and O–H groups in total. The number of ketones is 1. The topological polar surface area (TPSA) is 83.4 Å². The summed E-state index contributed by atoms with van der Waals surface area (Å²) >= 11 is 8.47. The molecular weight excluding hydrogens is 545 g/mol. The smallest absolute Gasteiger partial charge is 0.296 e. The molecule has 0 spiro atoms. The molecule has 3 aromatic carbocycles. The second-order valence-corrected chi connectivity index (χ2v) is 10.9. The molecule has 5 rings (SSSR count). The van der Waals surface area contributed by atoms with Gasteiger partial charge >= 0.3 is 0 Å². The summed E-state index contributed by atoms with van der Waals surface area (Å²) in [5.74, 6) is -2.23. The molecule has 0 aliphatic carbocycles. The summed E-state index contributed by atoms with van der Waals surface area (Å²) in [6.45, 7) is 0. The number of carbonyl (C=O) groups is 2. The van der Waals surface area contributed by atoms with E-state index in [1.54, 1.807) is 24.3 Å². The van der Waals surface area contributed by atoms with E-state index in [1.807, 2.05) is 42.5 Å². The van der Waals surface area contributed by atoms with Crippen LogP contribution in [0.2, 0.25) is 5.02 Å². The number of benzene rings is 3. The van der Waals surface area contributed by atoms with Crippen molar-refractivity contribution in [3.05, 3.63) is 124 Å². The number of rotatable bonds is 8. The van der Waals surface area contributed by atoms with Crippen molar-refractivity contribution in [1.82, 2.24) is 10.2 Å². The van der Waals surface area contributed by atoms with Gasteiger partial charge in [0, 0.05) is 16.3 Å². The Kier molecular flexibility index (Phi) is 7.69. The zero-order valence-corrected chi connectivity index (χ0v) is 22.0. The van der Waals surface area contributed by atoms with Crippen LogP contribution in [0.3, 0.4) is 0 Å². The van der Waals surface area contributed by atoms with Gasteiger partial charge in [0.25, 0.3) is 5.91 Å². The Labute approximate surface area is 231 Å². The second kappa shape index (κ2) is 11.3. The number of halogens is 2. The molecule has 4 aromatic rings. The summed E-state index contributed by atoms with van der Waals surface area (Å²) < 4.78 is 15.6. The second-order valence-electron chi connectivity index (χ2n) is 8.24. The number of nitrogens with zero attached hydrogens (tertiary/aromatic N) is 3. The molecule has 10 heteroatoms. The van der Waals surface area contributed by atoms with E-state index >= 15 is 0 Å². The standard InChI is InChI=1S/C28H19ClFN3O3S2/c29-19-13-10-18(11-14-19)16-37-28-32-31-27(38-28)33-24(20-8-4-5-9-21(20)30)23(25(35)26(33)36)22(34)15-12-17-6-2-1-3-7-17/h1-15,24,35H,16H2/b15-12+. The molecule has 38 heavy (non-hydrogen) atoms. The number of hydrogen-bond acceptors (Lipinski definition) is 7. The lowest BCUT2D eigenvalue weighted by atomic mass is 9.95. The van der Waals surface area contributed by atoms with Gasteiger partial charge in [0.15, 0.2) is 15.9 Å². The zero-order chi connectivity index (χ0) is 26.6. The van der Waals surface area contributed by atoms with Crippen LogP contribution in [-0.4, -0.2) is 27.0 Å². The van der Waals surface area contributed by atoms with E-state index in [0.717, 1.165) is 27.4 Å². The highest BCUT2D eigenvalue weighted by molar-refractivity contribution is 8.00. The summed E-state index contributed by atoms with van der Waals surface area (Å²) in [6, 6.07) is 21.1. The summed E-state index contributed by atoms with van der Waals surface area (Å²) in [6.07, 6.45) is 2.84. The van der Waals surface area contributed by atoms with Gasteiger partial charge in [0.05, 0.1) is 5.57 Å². The van der Waals surface area contributed by atoms with Crippen LogP contribution in [0, 0.1) is 5.82 Å². The summed E-state index contributed by atoms with van der Waals surface area (Å²) in [5, 5.41) is 19.9. The van der Waals surface area contributed by atoms with Gasteiger partial charge in [-0.05, 0) is 35.4 Å². The van der Waals surface area contributed by atoms with E-state index in [9.17, 15) is 19.1 Å². The molecule has 0 saturated heterocycles. The van der Waals surface area contributed by atoms with Crippen LogP contribution >= 0.6 is 34.7 Å². The quantitative estimate of drug-likeness (QED) is 0.144. The van der Waals surface area contributed by atoms with Gasteiger partial charge in [0.1, 0.15) is 11.9 Å². The van der Waals surface area contributed by atoms with E-state index in [0.29, 0.717) is 15.1 Å². The highest BCUT2D eigenvalue weighted by Gasteiger charge is 2.46. The van der Waals surface area contributed by atoms with Crippen molar-refractivity contribution >= 4 is 57.6 Å². The van der Waals surface area contributed by atoms with Gasteiger partial charge in [-0.3, -0.25) is 14.5 Å². The van der Waals surface area contributed by atoms with Crippen molar-refractivity contribution in [3.8, 4) is 0 Å². The van der Waals surface area contributed by atoms with E-state index in [2.05, 4.69) is 10.2 Å². The Morgan fingerprint density at radius 3 is 2.50 bits per heavy atom. The highest BCUT2D eigenvalue weighted by Crippen LogP contribution is 2.44. The largest absolute Gasteiger partial charge is 0.503 e. The summed E-state index contributed by atoms with van der Waals surface area (Å²) in [4.78, 5) is 27.7. The monoisotopic (exact) mass is 563 g/mol. The van der Waals surface area contributed by atoms with Gasteiger partial charge in [-0.15, -0.1) is 10.2 Å². The maximum absolute atomic E-state index is 15.0. The maximum Gasteiger partial charge on any atom is 0.296 e. The number of allylic oxidation sites excluding steroid dienone is 1. The number of anilines is 1. The van der Waals surface area contributed by atoms with Crippen LogP contribution in [0.1, 0.15) is 22.7 Å². The molecule has 6 nitrogen and oxygen atoms in total. The van der Waals surface area contributed by atoms with E-state index < -0.39 is 29.3 Å². The number of aromatic nitrogens is 2. The lowest BCUT2D eigenvalue weighted by Gasteiger charge is -2.24. The average Bonchev–Trinajstić information content (AvgIpc) is 3.50. The van der Waals surface area contributed by atoms with Crippen molar-refractivity contribution in [2.24, 2.45) is 0 Å². The lowest BCUT2D eigenvalue weighted by Crippen LogP contribution is -2.31. The third-order valence-electron chi connectivity index (χ3n) is 5.78. The third-order valence-corrected chi connectivity index (χ3v) is 8.16. The lowest BCUT2D eigenvalue weighted by molar-refractivity contribution is -0.117. The first kappa shape index (κ1) is 25.8. The fourth-order valence-corrected chi connectivity index (χ4v) is 5.90. The molecule has 1 amide bonds. The van der Waals surface area contributed by atoms with Crippen LogP contribution in [0.5, 0.6) is 0 Å². The summed E-state index contributed by atoms with van der Waals surface area (Å²) in [7, 11) is 0. The minimum absolute atomic E-state index is 0.0620. The van der Waals surface area contributed by atoms with Crippen molar-refractivity contribution in [2.45, 2.75) is 16.1 Å². The zero-order valence-electron chi connectivity index (χ0n) is 19.6. The molecule has 1 unspecified atom stereocenters. The highest BCUT2D eigenvalue weighted by atomic mass is 35.5. The normalized spacial score (nSPS) is 15.6. The number of thioether (sulfide) groups is 1. The van der Waals surface area contributed by atoms with Gasteiger partial charge < -0.3 is 5.11 Å². The Morgan fingerprint density at radius 2 is 1.76 bits per heavy atom. The van der Waals surface area contributed by atoms with E-state index in [1.165, 1.54) is 36.0 Å². The third kappa shape index (κ3) is 5.40. The van der Waals surface area contributed by atoms with Crippen LogP contribution in [0.25, 0.3) is 6.08 Å². The Morgan fingerprint density at radius 1 is 1.05 bits per heavy atom. The van der Waals surface area contributed by atoms with E-state index in [-0.39, 0.29) is 16.3 Å². The number of hydrogen-bond donors (Lipinski definition) is 1. The average molecular weight is 564 g/mol. The maximum atomic E-state index is 15.0. The summed E-state index contributed by atoms with van der Waals surface area (Å²) in [5.41, 5.74) is 1.62. The molecule has 1 atom stereocenters. The van der Waals surface area contributed by atoms with Gasteiger partial charge in [-0.2, -0.15) is 0 Å². The molecule has 1 aliphatic rings. The molecule has 190 valence electrons. The van der Waals surface area contributed by atoms with Crippen LogP contribution < -0.4 is 4.90 Å². The fraction of sp³-hybridized carbons (Fsp3) is 0.0714. The van der Waals surface area contributed by atoms with Crippen LogP contribution in [-0.2, 0) is 15.3 Å². The molecule has 2 heterocycles. The predicted octanol–water partition coefficient (Wildman–Crippen LogP) is 6.81. The molecular formula is C28H19ClFN3O3S2. The van der Waals surface area contributed by atoms with Crippen molar-refractivity contribution < 1.29 is 19.1 Å². The molecule has 1 aliphatic heterocycles. The number of amides is 1. The predicted molar refractivity (Wildman–Crippen MR) is 148 cm³/mol. The number of aliphatic hydroxyl groups is 1. The SMILES string of the molecule is O=C(/C=C/c1ccccc1)C1=C(O)C(=O)N(c2nnc(SCc3ccc(Cl)cc3)s2)C1c1ccccc1F.